The molecule has 0 unspecified atom stereocenters. The number of amides is 1. The van der Waals surface area contributed by atoms with Crippen LogP contribution in [0, 0.1) is 16.7 Å². The third kappa shape index (κ3) is 3.85. The quantitative estimate of drug-likeness (QED) is 0.852. The van der Waals surface area contributed by atoms with Gasteiger partial charge >= 0.3 is 0 Å². The van der Waals surface area contributed by atoms with E-state index in [0.29, 0.717) is 50.1 Å². The molecule has 7 nitrogen and oxygen atoms in total. The van der Waals surface area contributed by atoms with Gasteiger partial charge in [0.1, 0.15) is 6.07 Å². The van der Waals surface area contributed by atoms with E-state index in [2.05, 4.69) is 31.8 Å². The van der Waals surface area contributed by atoms with Crippen LogP contribution in [0.2, 0.25) is 0 Å². The highest BCUT2D eigenvalue weighted by atomic mass is 16.4. The first kappa shape index (κ1) is 17.1. The van der Waals surface area contributed by atoms with E-state index in [9.17, 15) is 10.1 Å². The fourth-order valence-electron chi connectivity index (χ4n) is 2.83. The maximum absolute atomic E-state index is 12.3. The zero-order valence-electron chi connectivity index (χ0n) is 14.8. The number of oxazole rings is 1. The molecule has 132 valence electrons. The number of aromatic nitrogens is 1. The third-order valence-corrected chi connectivity index (χ3v) is 4.05. The SMILES string of the molecule is CC(C)(C)CC(=O)N1CCN(c2oc(-c3ccco3)nc2C#N)CC1. The van der Waals surface area contributed by atoms with Crippen molar-refractivity contribution in [1.82, 2.24) is 9.88 Å². The Kier molecular flexibility index (Phi) is 4.53. The van der Waals surface area contributed by atoms with Gasteiger partial charge < -0.3 is 18.6 Å². The number of carbonyl (C=O) groups excluding carboxylic acids is 1. The van der Waals surface area contributed by atoms with E-state index < -0.39 is 0 Å². The largest absolute Gasteiger partial charge is 0.459 e. The minimum absolute atomic E-state index is 0.0227. The molecule has 0 aliphatic carbocycles. The molecule has 0 saturated carbocycles. The van der Waals surface area contributed by atoms with Gasteiger partial charge in [0.2, 0.25) is 17.5 Å². The van der Waals surface area contributed by atoms with Crippen LogP contribution in [0.25, 0.3) is 11.7 Å². The molecule has 0 spiro atoms. The fourth-order valence-corrected chi connectivity index (χ4v) is 2.83. The Morgan fingerprint density at radius 1 is 1.32 bits per heavy atom. The van der Waals surface area contributed by atoms with Crippen molar-refractivity contribution in [3.05, 3.63) is 24.1 Å². The van der Waals surface area contributed by atoms with Crippen molar-refractivity contribution >= 4 is 11.8 Å². The van der Waals surface area contributed by atoms with Crippen molar-refractivity contribution in [3.8, 4) is 17.7 Å². The van der Waals surface area contributed by atoms with Crippen LogP contribution < -0.4 is 4.90 Å². The van der Waals surface area contributed by atoms with Gasteiger partial charge in [-0.05, 0) is 17.5 Å². The second-order valence-electron chi connectivity index (χ2n) is 7.37. The van der Waals surface area contributed by atoms with E-state index in [1.165, 1.54) is 6.26 Å². The van der Waals surface area contributed by atoms with Gasteiger partial charge in [-0.2, -0.15) is 10.2 Å². The van der Waals surface area contributed by atoms with E-state index in [-0.39, 0.29) is 17.0 Å². The first-order valence-electron chi connectivity index (χ1n) is 8.35. The van der Waals surface area contributed by atoms with Gasteiger partial charge in [-0.3, -0.25) is 4.79 Å². The number of hydrogen-bond donors (Lipinski definition) is 0. The molecular weight excluding hydrogens is 320 g/mol. The Labute approximate surface area is 146 Å². The molecule has 1 amide bonds. The molecule has 0 bridgehead atoms. The second-order valence-corrected chi connectivity index (χ2v) is 7.37. The van der Waals surface area contributed by atoms with Gasteiger partial charge in [-0.1, -0.05) is 20.8 Å². The highest BCUT2D eigenvalue weighted by Crippen LogP contribution is 2.29. The summed E-state index contributed by atoms with van der Waals surface area (Å²) in [6.45, 7) is 8.61. The van der Waals surface area contributed by atoms with Crippen LogP contribution in [0.5, 0.6) is 0 Å². The topological polar surface area (TPSA) is 86.5 Å². The molecule has 0 atom stereocenters. The predicted molar refractivity (Wildman–Crippen MR) is 91.8 cm³/mol. The van der Waals surface area contributed by atoms with Crippen LogP contribution in [0.4, 0.5) is 5.88 Å². The summed E-state index contributed by atoms with van der Waals surface area (Å²) < 4.78 is 11.0. The lowest BCUT2D eigenvalue weighted by atomic mass is 9.91. The van der Waals surface area contributed by atoms with Crippen LogP contribution >= 0.6 is 0 Å². The summed E-state index contributed by atoms with van der Waals surface area (Å²) in [6, 6.07) is 5.55. The Morgan fingerprint density at radius 3 is 2.60 bits per heavy atom. The molecule has 3 heterocycles. The molecule has 1 fully saturated rings. The molecule has 0 radical (unpaired) electrons. The van der Waals surface area contributed by atoms with Crippen LogP contribution in [0.3, 0.4) is 0 Å². The summed E-state index contributed by atoms with van der Waals surface area (Å²) in [7, 11) is 0. The summed E-state index contributed by atoms with van der Waals surface area (Å²) in [6.07, 6.45) is 2.06. The van der Waals surface area contributed by atoms with E-state index in [1.54, 1.807) is 12.1 Å². The van der Waals surface area contributed by atoms with Gasteiger partial charge in [-0.15, -0.1) is 0 Å². The molecular formula is C18H22N4O3. The standard InChI is InChI=1S/C18H22N4O3/c1-18(2,3)11-15(23)21-6-8-22(9-7-21)17-13(12-19)20-16(25-17)14-5-4-10-24-14/h4-5,10H,6-9,11H2,1-3H3. The number of furan rings is 1. The lowest BCUT2D eigenvalue weighted by Crippen LogP contribution is -2.49. The minimum atomic E-state index is -0.0227. The summed E-state index contributed by atoms with van der Waals surface area (Å²) in [4.78, 5) is 20.4. The van der Waals surface area contributed by atoms with Crippen molar-refractivity contribution in [3.63, 3.8) is 0 Å². The summed E-state index contributed by atoms with van der Waals surface area (Å²) in [5.41, 5.74) is 0.214. The monoisotopic (exact) mass is 342 g/mol. The lowest BCUT2D eigenvalue weighted by molar-refractivity contribution is -0.133. The van der Waals surface area contributed by atoms with E-state index in [1.807, 2.05) is 9.80 Å². The number of hydrogen-bond acceptors (Lipinski definition) is 6. The highest BCUT2D eigenvalue weighted by molar-refractivity contribution is 5.77. The molecule has 2 aromatic heterocycles. The van der Waals surface area contributed by atoms with Crippen molar-refractivity contribution in [2.75, 3.05) is 31.1 Å². The van der Waals surface area contributed by atoms with Crippen molar-refractivity contribution in [2.24, 2.45) is 5.41 Å². The fraction of sp³-hybridized carbons (Fsp3) is 0.500. The maximum Gasteiger partial charge on any atom is 0.266 e. The molecule has 1 saturated heterocycles. The highest BCUT2D eigenvalue weighted by Gasteiger charge is 2.28. The number of anilines is 1. The smallest absolute Gasteiger partial charge is 0.266 e. The molecule has 2 aromatic rings. The molecule has 0 N–H and O–H groups in total. The van der Waals surface area contributed by atoms with Crippen LogP contribution in [0.15, 0.2) is 27.2 Å². The predicted octanol–water partition coefficient (Wildman–Crippen LogP) is 2.89. The number of nitriles is 1. The van der Waals surface area contributed by atoms with Gasteiger partial charge in [-0.25, -0.2) is 0 Å². The molecule has 7 heteroatoms. The number of carbonyl (C=O) groups is 1. The molecule has 3 rings (SSSR count). The average molecular weight is 342 g/mol. The van der Waals surface area contributed by atoms with Crippen LogP contribution in [-0.2, 0) is 4.79 Å². The van der Waals surface area contributed by atoms with Crippen LogP contribution in [0.1, 0.15) is 32.9 Å². The zero-order valence-corrected chi connectivity index (χ0v) is 14.8. The molecule has 25 heavy (non-hydrogen) atoms. The summed E-state index contributed by atoms with van der Waals surface area (Å²) in [5.74, 6) is 1.39. The van der Waals surface area contributed by atoms with Crippen LogP contribution in [-0.4, -0.2) is 42.0 Å². The number of nitrogens with zero attached hydrogens (tertiary/aromatic N) is 4. The summed E-state index contributed by atoms with van der Waals surface area (Å²) in [5, 5.41) is 9.33. The second kappa shape index (κ2) is 6.63. The Bertz CT molecular complexity index is 772. The normalized spacial score (nSPS) is 15.3. The molecule has 1 aliphatic heterocycles. The zero-order chi connectivity index (χ0) is 18.0. The molecule has 0 aromatic carbocycles. The molecule has 1 aliphatic rings. The minimum Gasteiger partial charge on any atom is -0.459 e. The third-order valence-electron chi connectivity index (χ3n) is 4.05. The average Bonchev–Trinajstić information content (AvgIpc) is 3.22. The van der Waals surface area contributed by atoms with Crippen molar-refractivity contribution < 1.29 is 13.6 Å². The number of rotatable bonds is 3. The lowest BCUT2D eigenvalue weighted by Gasteiger charge is -2.35. The number of piperazine rings is 1. The van der Waals surface area contributed by atoms with Crippen molar-refractivity contribution in [1.29, 1.82) is 5.26 Å². The first-order chi connectivity index (χ1) is 11.9. The van der Waals surface area contributed by atoms with E-state index >= 15 is 0 Å². The Morgan fingerprint density at radius 2 is 2.04 bits per heavy atom. The van der Waals surface area contributed by atoms with E-state index in [4.69, 9.17) is 8.83 Å². The summed E-state index contributed by atoms with van der Waals surface area (Å²) >= 11 is 0. The first-order valence-corrected chi connectivity index (χ1v) is 8.35. The van der Waals surface area contributed by atoms with Gasteiger partial charge in [0.05, 0.1) is 6.26 Å². The van der Waals surface area contributed by atoms with Gasteiger partial charge in [0.25, 0.3) is 5.89 Å². The van der Waals surface area contributed by atoms with Gasteiger partial charge in [0, 0.05) is 32.6 Å². The van der Waals surface area contributed by atoms with Gasteiger partial charge in [0.15, 0.2) is 5.76 Å². The Balaban J connectivity index is 1.69. The maximum atomic E-state index is 12.3. The van der Waals surface area contributed by atoms with E-state index in [0.717, 1.165) is 0 Å². The van der Waals surface area contributed by atoms with Crippen molar-refractivity contribution in [2.45, 2.75) is 27.2 Å². The Hall–Kier alpha value is -2.75.